The summed E-state index contributed by atoms with van der Waals surface area (Å²) in [4.78, 5) is 0. The fourth-order valence-electron chi connectivity index (χ4n) is 0. The van der Waals surface area contributed by atoms with Crippen molar-refractivity contribution in [3.8, 4) is 0 Å². The van der Waals surface area contributed by atoms with E-state index in [4.69, 9.17) is 0 Å². The second kappa shape index (κ2) is 9.51. The molecule has 0 bridgehead atoms. The van der Waals surface area contributed by atoms with Crippen LogP contribution in [0.3, 0.4) is 0 Å². The summed E-state index contributed by atoms with van der Waals surface area (Å²) >= 11 is 4.71. The first-order valence-corrected chi connectivity index (χ1v) is 14.8. The molecule has 0 aliphatic carbocycles. The molecule has 0 spiro atoms. The quantitative estimate of drug-likeness (QED) is 0.252. The molecule has 0 saturated carbocycles. The van der Waals surface area contributed by atoms with Crippen molar-refractivity contribution in [1.29, 1.82) is 0 Å². The molecule has 0 aromatic heterocycles. The van der Waals surface area contributed by atoms with Gasteiger partial charge in [0.1, 0.15) is 0 Å². The van der Waals surface area contributed by atoms with Crippen LogP contribution in [-0.2, 0) is 12.3 Å². The predicted octanol–water partition coefficient (Wildman–Crippen LogP) is -2.48. The summed E-state index contributed by atoms with van der Waals surface area (Å²) in [7, 11) is 0. The first kappa shape index (κ1) is 10.2. The average molecular weight is 666 g/mol. The van der Waals surface area contributed by atoms with Gasteiger partial charge < -0.3 is 0 Å². The molecule has 0 amide bonds. The maximum absolute atomic E-state index is 1.97. The zero-order valence-corrected chi connectivity index (χ0v) is 14.7. The fourth-order valence-corrected chi connectivity index (χ4v) is 0. The van der Waals surface area contributed by atoms with Crippen molar-refractivity contribution < 1.29 is 12.3 Å². The number of rotatable bonds is 0. The molecule has 0 radical (unpaired) electrons. The van der Waals surface area contributed by atoms with Crippen LogP contribution in [0.15, 0.2) is 0 Å². The minimum absolute atomic E-state index is 0. The Hall–Kier alpha value is 3.20. The first-order chi connectivity index (χ1) is 1.41. The van der Waals surface area contributed by atoms with E-state index in [-0.39, 0.29) is 26.2 Å². The van der Waals surface area contributed by atoms with E-state index in [1.807, 2.05) is 37.5 Å². The topological polar surface area (TPSA) is 0 Å². The molecule has 0 fully saturated rings. The van der Waals surface area contributed by atoms with Crippen LogP contribution < -0.4 is 0 Å². The summed E-state index contributed by atoms with van der Waals surface area (Å²) in [5, 5.41) is 0. The van der Waals surface area contributed by atoms with Crippen molar-refractivity contribution >= 4 is 63.7 Å². The van der Waals surface area contributed by atoms with Gasteiger partial charge in [0.2, 0.25) is 0 Å². The van der Waals surface area contributed by atoms with Gasteiger partial charge in [-0.1, -0.05) is 0 Å². The summed E-state index contributed by atoms with van der Waals surface area (Å²) in [6.45, 7) is 0. The fraction of sp³-hybridized carbons (Fsp3) is 0. The van der Waals surface area contributed by atoms with E-state index >= 15 is 0 Å². The molecular weight excluding hydrogens is 661 g/mol. The number of hydrogen-bond donors (Lipinski definition) is 0. The Kier molecular flexibility index (Phi) is 24.3. The van der Waals surface area contributed by atoms with Crippen molar-refractivity contribution in [1.82, 2.24) is 0 Å². The van der Waals surface area contributed by atoms with Gasteiger partial charge >= 0.3 is 76.0 Å². The van der Waals surface area contributed by atoms with Crippen molar-refractivity contribution in [2.45, 2.75) is 0 Å². The molecule has 0 rings (SSSR count). The summed E-state index contributed by atoms with van der Waals surface area (Å²) in [5.74, 6) is 0. The zero-order chi connectivity index (χ0) is 2.71. The average Bonchev–Trinajstić information content (AvgIpc) is 0.918. The predicted molar refractivity (Wildman–Crippen MR) is 24.2 cm³/mol. The minimum atomic E-state index is 0. The molecule has 0 heterocycles. The van der Waals surface area contributed by atoms with Gasteiger partial charge in [-0.3, -0.25) is 0 Å². The Balaban J connectivity index is 0. The number of hydrogen-bond acceptors (Lipinski definition) is 0. The molecule has 0 saturated heterocycles. The molecule has 0 aliphatic heterocycles. The normalized spacial score (nSPS) is 5.50. The van der Waals surface area contributed by atoms with Gasteiger partial charge in [-0.25, -0.2) is 0 Å². The Morgan fingerprint density at radius 2 is 1.25 bits per heavy atom. The Morgan fingerprint density at radius 1 is 1.25 bits per heavy atom. The second-order valence-corrected chi connectivity index (χ2v) is 22.2. The second-order valence-electron chi connectivity index (χ2n) is 0.0603. The van der Waals surface area contributed by atoms with E-state index in [9.17, 15) is 0 Å². The molecule has 0 N–H and O–H groups in total. The van der Waals surface area contributed by atoms with E-state index in [2.05, 4.69) is 0 Å². The summed E-state index contributed by atoms with van der Waals surface area (Å²) in [6.07, 6.45) is 0. The van der Waals surface area contributed by atoms with E-state index in [1.54, 1.807) is 0 Å². The standard InChI is InChI=1S/Au.Bi.2H2Te.3H/h;;2*1H2;;;/q+2;;;;;;/p-2. The van der Waals surface area contributed by atoms with E-state index in [1.165, 1.54) is 0 Å². The molecule has 4 heavy (non-hydrogen) atoms. The van der Waals surface area contributed by atoms with Gasteiger partial charge in [0.15, 0.2) is 0 Å². The Labute approximate surface area is 74.0 Å². The summed E-state index contributed by atoms with van der Waals surface area (Å²) in [6, 6.07) is 0. The SMILES string of the molecule is [BiH3].[TeH][Au][TeH]. The van der Waals surface area contributed by atoms with Gasteiger partial charge in [-0.15, -0.1) is 0 Å². The van der Waals surface area contributed by atoms with Crippen LogP contribution in [-0.4, -0.2) is 63.7 Å². The van der Waals surface area contributed by atoms with Gasteiger partial charge in [0, 0.05) is 0 Å². The summed E-state index contributed by atoms with van der Waals surface area (Å²) < 4.78 is 0. The molecule has 0 nitrogen and oxygen atoms in total. The molecule has 0 aliphatic rings. The third-order valence-corrected chi connectivity index (χ3v) is 0. The van der Waals surface area contributed by atoms with Crippen LogP contribution in [0.2, 0.25) is 0 Å². The van der Waals surface area contributed by atoms with Crippen LogP contribution in [0, 0.1) is 0 Å². The van der Waals surface area contributed by atoms with Crippen LogP contribution >= 0.6 is 0 Å². The third-order valence-electron chi connectivity index (χ3n) is 0. The molecule has 0 aromatic carbocycles. The van der Waals surface area contributed by atoms with Crippen molar-refractivity contribution in [2.75, 3.05) is 0 Å². The zero-order valence-electron chi connectivity index (χ0n) is 1.90. The van der Waals surface area contributed by atoms with Crippen molar-refractivity contribution in [2.24, 2.45) is 0 Å². The van der Waals surface area contributed by atoms with Gasteiger partial charge in [-0.05, 0) is 0 Å². The Bertz CT molecular complexity index is 6.00. The third kappa shape index (κ3) is 8.96. The van der Waals surface area contributed by atoms with Crippen LogP contribution in [0.4, 0.5) is 0 Å². The monoisotopic (exact) mass is 671 g/mol. The first-order valence-electron chi connectivity index (χ1n) is 0.270. The molecule has 33 valence electrons. The molecule has 0 unspecified atom stereocenters. The summed E-state index contributed by atoms with van der Waals surface area (Å²) in [5.41, 5.74) is 0. The Morgan fingerprint density at radius 3 is 1.25 bits per heavy atom. The van der Waals surface area contributed by atoms with Gasteiger partial charge in [-0.2, -0.15) is 0 Å². The van der Waals surface area contributed by atoms with Crippen LogP contribution in [0.5, 0.6) is 0 Å². The molecule has 4 heteroatoms. The van der Waals surface area contributed by atoms with Gasteiger partial charge in [0.05, 0.1) is 0 Å². The van der Waals surface area contributed by atoms with Crippen molar-refractivity contribution in [3.63, 3.8) is 0 Å². The van der Waals surface area contributed by atoms with Crippen molar-refractivity contribution in [3.05, 3.63) is 0 Å². The van der Waals surface area contributed by atoms with Crippen LogP contribution in [0.1, 0.15) is 0 Å². The van der Waals surface area contributed by atoms with E-state index in [0.29, 0.717) is 0 Å². The van der Waals surface area contributed by atoms with E-state index in [0.717, 1.165) is 12.3 Å². The molecular formula is H5AuBiTe2. The van der Waals surface area contributed by atoms with Crippen LogP contribution in [0.25, 0.3) is 0 Å². The van der Waals surface area contributed by atoms with Gasteiger partial charge in [0.25, 0.3) is 0 Å². The van der Waals surface area contributed by atoms with E-state index < -0.39 is 0 Å². The maximum atomic E-state index is 1.97. The molecule has 0 atom stereocenters. The molecule has 0 aromatic rings.